The second-order valence-corrected chi connectivity index (χ2v) is 5.53. The molecule has 0 unspecified atom stereocenters. The largest absolute Gasteiger partial charge is 0.545 e. The van der Waals surface area contributed by atoms with Crippen molar-refractivity contribution in [2.45, 2.75) is 6.18 Å². The molecule has 1 heterocycles. The van der Waals surface area contributed by atoms with E-state index in [2.05, 4.69) is 5.32 Å². The Balaban J connectivity index is 1.82. The van der Waals surface area contributed by atoms with Crippen LogP contribution in [0.3, 0.4) is 0 Å². The SMILES string of the molecule is O=C([O-])c1ccc(NC(=O)c2ccc(-c3ccccc3C(F)(F)F)o2)cc1. The summed E-state index contributed by atoms with van der Waals surface area (Å²) in [5.74, 6) is -2.33. The number of carboxylic acid groups (broad SMARTS) is 1. The van der Waals surface area contributed by atoms with Crippen molar-refractivity contribution in [2.75, 3.05) is 5.32 Å². The van der Waals surface area contributed by atoms with E-state index >= 15 is 0 Å². The molecule has 0 aliphatic rings. The molecule has 8 heteroatoms. The van der Waals surface area contributed by atoms with Gasteiger partial charge in [0.2, 0.25) is 0 Å². The van der Waals surface area contributed by atoms with Gasteiger partial charge in [-0.25, -0.2) is 0 Å². The molecular formula is C19H11F3NO4-. The molecule has 27 heavy (non-hydrogen) atoms. The molecule has 1 aromatic heterocycles. The van der Waals surface area contributed by atoms with Gasteiger partial charge >= 0.3 is 6.18 Å². The van der Waals surface area contributed by atoms with Gasteiger partial charge in [0.15, 0.2) is 5.76 Å². The molecule has 0 aliphatic carbocycles. The van der Waals surface area contributed by atoms with E-state index in [4.69, 9.17) is 4.42 Å². The summed E-state index contributed by atoms with van der Waals surface area (Å²) in [4.78, 5) is 22.9. The first-order chi connectivity index (χ1) is 12.8. The molecule has 0 saturated carbocycles. The van der Waals surface area contributed by atoms with Crippen molar-refractivity contribution in [3.63, 3.8) is 0 Å². The van der Waals surface area contributed by atoms with E-state index in [1.165, 1.54) is 54.6 Å². The van der Waals surface area contributed by atoms with Crippen LogP contribution in [0, 0.1) is 0 Å². The first kappa shape index (κ1) is 18.2. The maximum atomic E-state index is 13.1. The second-order valence-electron chi connectivity index (χ2n) is 5.53. The van der Waals surface area contributed by atoms with Crippen molar-refractivity contribution < 1.29 is 32.3 Å². The number of anilines is 1. The fourth-order valence-electron chi connectivity index (χ4n) is 2.43. The summed E-state index contributed by atoms with van der Waals surface area (Å²) in [6.07, 6.45) is -4.56. The van der Waals surface area contributed by atoms with Crippen LogP contribution in [0.2, 0.25) is 0 Å². The first-order valence-corrected chi connectivity index (χ1v) is 7.65. The maximum absolute atomic E-state index is 13.1. The smallest absolute Gasteiger partial charge is 0.417 e. The number of aromatic carboxylic acids is 1. The van der Waals surface area contributed by atoms with Gasteiger partial charge in [-0.1, -0.05) is 30.3 Å². The number of benzene rings is 2. The zero-order valence-electron chi connectivity index (χ0n) is 13.5. The van der Waals surface area contributed by atoms with Gasteiger partial charge in [-0.3, -0.25) is 4.79 Å². The third-order valence-electron chi connectivity index (χ3n) is 3.71. The number of hydrogen-bond donors (Lipinski definition) is 1. The monoisotopic (exact) mass is 374 g/mol. The molecule has 0 fully saturated rings. The number of hydrogen-bond acceptors (Lipinski definition) is 4. The Hall–Kier alpha value is -3.55. The first-order valence-electron chi connectivity index (χ1n) is 7.65. The summed E-state index contributed by atoms with van der Waals surface area (Å²) < 4.78 is 44.6. The van der Waals surface area contributed by atoms with E-state index in [0.29, 0.717) is 5.69 Å². The van der Waals surface area contributed by atoms with E-state index < -0.39 is 23.6 Å². The van der Waals surface area contributed by atoms with Gasteiger partial charge in [0.1, 0.15) is 5.76 Å². The Kier molecular flexibility index (Phi) is 4.72. The Morgan fingerprint density at radius 3 is 2.22 bits per heavy atom. The number of furan rings is 1. The number of rotatable bonds is 4. The summed E-state index contributed by atoms with van der Waals surface area (Å²) in [6.45, 7) is 0. The van der Waals surface area contributed by atoms with Gasteiger partial charge in [0.25, 0.3) is 5.91 Å². The topological polar surface area (TPSA) is 82.4 Å². The minimum atomic E-state index is -4.56. The van der Waals surface area contributed by atoms with Crippen LogP contribution in [0.15, 0.2) is 65.1 Å². The maximum Gasteiger partial charge on any atom is 0.417 e. The fraction of sp³-hybridized carbons (Fsp3) is 0.0526. The molecule has 0 atom stereocenters. The van der Waals surface area contributed by atoms with E-state index in [-0.39, 0.29) is 22.6 Å². The van der Waals surface area contributed by atoms with Crippen molar-refractivity contribution in [3.8, 4) is 11.3 Å². The Morgan fingerprint density at radius 2 is 1.59 bits per heavy atom. The second kappa shape index (κ2) is 6.99. The third-order valence-corrected chi connectivity index (χ3v) is 3.71. The van der Waals surface area contributed by atoms with Crippen molar-refractivity contribution in [3.05, 3.63) is 77.6 Å². The number of carbonyl (C=O) groups is 2. The van der Waals surface area contributed by atoms with Gasteiger partial charge < -0.3 is 19.6 Å². The van der Waals surface area contributed by atoms with E-state index in [0.717, 1.165) is 6.07 Å². The molecule has 3 aromatic rings. The molecule has 5 nitrogen and oxygen atoms in total. The molecule has 0 aliphatic heterocycles. The van der Waals surface area contributed by atoms with Gasteiger partial charge in [0, 0.05) is 11.3 Å². The number of alkyl halides is 3. The fourth-order valence-corrected chi connectivity index (χ4v) is 2.43. The summed E-state index contributed by atoms with van der Waals surface area (Å²) in [7, 11) is 0. The highest BCUT2D eigenvalue weighted by molar-refractivity contribution is 6.02. The standard InChI is InChI=1S/C19H12F3NO4/c20-19(21,22)14-4-2-1-3-13(14)15-9-10-16(27-15)17(24)23-12-7-5-11(6-8-12)18(25)26/h1-10H,(H,23,24)(H,25,26)/p-1. The van der Waals surface area contributed by atoms with Crippen LogP contribution in [0.4, 0.5) is 18.9 Å². The Labute approximate surface area is 151 Å². The van der Waals surface area contributed by atoms with Crippen LogP contribution < -0.4 is 10.4 Å². The molecule has 138 valence electrons. The minimum absolute atomic E-state index is 0.0583. The molecule has 0 radical (unpaired) electrons. The van der Waals surface area contributed by atoms with Crippen molar-refractivity contribution in [2.24, 2.45) is 0 Å². The zero-order valence-corrected chi connectivity index (χ0v) is 13.5. The molecule has 0 saturated heterocycles. The average molecular weight is 374 g/mol. The van der Waals surface area contributed by atoms with E-state index in [1.807, 2.05) is 0 Å². The van der Waals surface area contributed by atoms with E-state index in [9.17, 15) is 27.9 Å². The van der Waals surface area contributed by atoms with Gasteiger partial charge in [-0.05, 0) is 35.9 Å². The summed E-state index contributed by atoms with van der Waals surface area (Å²) in [5, 5.41) is 13.2. The molecule has 3 rings (SSSR count). The Bertz CT molecular complexity index is 991. The quantitative estimate of drug-likeness (QED) is 0.757. The lowest BCUT2D eigenvalue weighted by Gasteiger charge is -2.10. The van der Waals surface area contributed by atoms with Crippen molar-refractivity contribution in [1.29, 1.82) is 0 Å². The average Bonchev–Trinajstić information content (AvgIpc) is 3.11. The van der Waals surface area contributed by atoms with Crippen LogP contribution in [0.1, 0.15) is 26.5 Å². The van der Waals surface area contributed by atoms with Gasteiger partial charge in [-0.2, -0.15) is 13.2 Å². The lowest BCUT2D eigenvalue weighted by molar-refractivity contribution is -0.255. The Morgan fingerprint density at radius 1 is 0.926 bits per heavy atom. The molecular weight excluding hydrogens is 363 g/mol. The van der Waals surface area contributed by atoms with Crippen LogP contribution in [-0.2, 0) is 6.18 Å². The lowest BCUT2D eigenvalue weighted by Crippen LogP contribution is -2.22. The normalized spacial score (nSPS) is 11.2. The highest BCUT2D eigenvalue weighted by atomic mass is 19.4. The van der Waals surface area contributed by atoms with Crippen LogP contribution in [0.5, 0.6) is 0 Å². The zero-order chi connectivity index (χ0) is 19.6. The van der Waals surface area contributed by atoms with Gasteiger partial charge in [-0.15, -0.1) is 0 Å². The predicted molar refractivity (Wildman–Crippen MR) is 87.9 cm³/mol. The lowest BCUT2D eigenvalue weighted by atomic mass is 10.1. The van der Waals surface area contributed by atoms with Crippen LogP contribution >= 0.6 is 0 Å². The molecule has 0 spiro atoms. The van der Waals surface area contributed by atoms with Crippen LogP contribution in [0.25, 0.3) is 11.3 Å². The van der Waals surface area contributed by atoms with E-state index in [1.54, 1.807) is 0 Å². The third kappa shape index (κ3) is 4.00. The minimum Gasteiger partial charge on any atom is -0.545 e. The van der Waals surface area contributed by atoms with Crippen LogP contribution in [-0.4, -0.2) is 11.9 Å². The number of amides is 1. The number of nitrogens with one attached hydrogen (secondary N) is 1. The highest BCUT2D eigenvalue weighted by Gasteiger charge is 2.34. The van der Waals surface area contributed by atoms with Crippen molar-refractivity contribution in [1.82, 2.24) is 0 Å². The highest BCUT2D eigenvalue weighted by Crippen LogP contribution is 2.37. The number of halogens is 3. The number of carboxylic acids is 1. The molecule has 2 aromatic carbocycles. The number of carbonyl (C=O) groups excluding carboxylic acids is 2. The van der Waals surface area contributed by atoms with Gasteiger partial charge in [0.05, 0.1) is 11.5 Å². The predicted octanol–water partition coefficient (Wildman–Crippen LogP) is 3.58. The summed E-state index contributed by atoms with van der Waals surface area (Å²) in [5.41, 5.74) is -0.817. The molecule has 1 amide bonds. The van der Waals surface area contributed by atoms with Crippen molar-refractivity contribution >= 4 is 17.6 Å². The molecule has 1 N–H and O–H groups in total. The summed E-state index contributed by atoms with van der Waals surface area (Å²) in [6, 6.07) is 12.6. The summed E-state index contributed by atoms with van der Waals surface area (Å²) >= 11 is 0. The molecule has 0 bridgehead atoms.